The summed E-state index contributed by atoms with van der Waals surface area (Å²) in [6.07, 6.45) is -1.94. The van der Waals surface area contributed by atoms with Gasteiger partial charge in [0.05, 0.1) is 16.3 Å². The van der Waals surface area contributed by atoms with Gasteiger partial charge in [0.25, 0.3) is 0 Å². The van der Waals surface area contributed by atoms with Crippen LogP contribution in [0.25, 0.3) is 0 Å². The Morgan fingerprint density at radius 3 is 2.35 bits per heavy atom. The average Bonchev–Trinajstić information content (AvgIpc) is 3.07. The molecule has 2 rings (SSSR count). The number of nitrogens with zero attached hydrogens (tertiary/aromatic N) is 1. The Morgan fingerprint density at radius 2 is 1.95 bits per heavy atom. The summed E-state index contributed by atoms with van der Waals surface area (Å²) in [4.78, 5) is 1.20. The molecule has 1 aromatic carbocycles. The summed E-state index contributed by atoms with van der Waals surface area (Å²) in [5.41, 5.74) is 6.01. The first-order valence-corrected chi connectivity index (χ1v) is 7.90. The number of sulfone groups is 1. The molecule has 1 saturated carbocycles. The number of benzene rings is 1. The molecule has 0 spiro atoms. The summed E-state index contributed by atoms with van der Waals surface area (Å²) in [7, 11) is -3.43. The van der Waals surface area contributed by atoms with Crippen molar-refractivity contribution in [1.82, 2.24) is 0 Å². The lowest BCUT2D eigenvalue weighted by molar-refractivity contribution is -0.119. The molecule has 1 fully saturated rings. The van der Waals surface area contributed by atoms with Gasteiger partial charge in [-0.15, -0.1) is 0 Å². The van der Waals surface area contributed by atoms with Crippen molar-refractivity contribution in [3.05, 3.63) is 18.2 Å². The van der Waals surface area contributed by atoms with Gasteiger partial charge in [-0.1, -0.05) is 0 Å². The molecule has 1 aromatic rings. The zero-order valence-corrected chi connectivity index (χ0v) is 11.6. The van der Waals surface area contributed by atoms with Crippen LogP contribution < -0.4 is 10.6 Å². The number of rotatable bonds is 4. The van der Waals surface area contributed by atoms with Gasteiger partial charge in [0.2, 0.25) is 0 Å². The van der Waals surface area contributed by atoms with Crippen molar-refractivity contribution in [3.8, 4) is 0 Å². The summed E-state index contributed by atoms with van der Waals surface area (Å²) >= 11 is 0. The minimum Gasteiger partial charge on any atom is -0.397 e. The number of nitrogens with two attached hydrogens (primary N) is 1. The van der Waals surface area contributed by atoms with E-state index in [0.29, 0.717) is 12.8 Å². The lowest BCUT2D eigenvalue weighted by atomic mass is 10.2. The quantitative estimate of drug-likeness (QED) is 0.866. The summed E-state index contributed by atoms with van der Waals surface area (Å²) in [6.45, 7) is -1.08. The van der Waals surface area contributed by atoms with Crippen LogP contribution in [-0.4, -0.2) is 33.4 Å². The second-order valence-electron chi connectivity index (χ2n) is 4.97. The Bertz CT molecular complexity index is 610. The molecule has 1 aliphatic carbocycles. The van der Waals surface area contributed by atoms with E-state index in [9.17, 15) is 21.6 Å². The first kappa shape index (κ1) is 15.0. The number of alkyl halides is 3. The molecule has 0 aromatic heterocycles. The second kappa shape index (κ2) is 4.83. The molecule has 4 nitrogen and oxygen atoms in total. The van der Waals surface area contributed by atoms with Crippen LogP contribution in [0.15, 0.2) is 23.1 Å². The average molecular weight is 308 g/mol. The first-order chi connectivity index (χ1) is 9.08. The maximum atomic E-state index is 12.6. The van der Waals surface area contributed by atoms with E-state index in [1.54, 1.807) is 0 Å². The molecule has 0 bridgehead atoms. The summed E-state index contributed by atoms with van der Waals surface area (Å²) in [5.74, 6) is 0. The van der Waals surface area contributed by atoms with Gasteiger partial charge in [0.1, 0.15) is 6.54 Å². The van der Waals surface area contributed by atoms with E-state index in [-0.39, 0.29) is 22.3 Å². The predicted molar refractivity (Wildman–Crippen MR) is 70.4 cm³/mol. The maximum Gasteiger partial charge on any atom is 0.405 e. The fourth-order valence-electron chi connectivity index (χ4n) is 2.02. The van der Waals surface area contributed by atoms with Gasteiger partial charge in [0, 0.05) is 12.3 Å². The van der Waals surface area contributed by atoms with E-state index < -0.39 is 22.6 Å². The van der Waals surface area contributed by atoms with Crippen molar-refractivity contribution >= 4 is 21.2 Å². The van der Waals surface area contributed by atoms with Gasteiger partial charge >= 0.3 is 6.18 Å². The SMILES string of the molecule is CS(=O)(=O)c1ccc(N(CC(F)(F)F)C2CC2)c(N)c1. The van der Waals surface area contributed by atoms with Crippen molar-refractivity contribution in [2.45, 2.75) is 30.0 Å². The maximum absolute atomic E-state index is 12.6. The molecule has 0 unspecified atom stereocenters. The van der Waals surface area contributed by atoms with Crippen LogP contribution in [0.3, 0.4) is 0 Å². The highest BCUT2D eigenvalue weighted by atomic mass is 32.2. The minimum atomic E-state index is -4.33. The lowest BCUT2D eigenvalue weighted by Gasteiger charge is -2.27. The topological polar surface area (TPSA) is 63.4 Å². The first-order valence-electron chi connectivity index (χ1n) is 6.01. The Hall–Kier alpha value is -1.44. The lowest BCUT2D eigenvalue weighted by Crippen LogP contribution is -2.36. The number of anilines is 2. The molecule has 0 amide bonds. The Kier molecular flexibility index (Phi) is 3.62. The zero-order valence-electron chi connectivity index (χ0n) is 10.8. The number of nitrogen functional groups attached to an aromatic ring is 1. The molecule has 8 heteroatoms. The predicted octanol–water partition coefficient (Wildman–Crippen LogP) is 2.20. The fraction of sp³-hybridized carbons (Fsp3) is 0.500. The normalized spacial score (nSPS) is 16.2. The zero-order chi connectivity index (χ0) is 15.1. The highest BCUT2D eigenvalue weighted by molar-refractivity contribution is 7.90. The van der Waals surface area contributed by atoms with Gasteiger partial charge in [-0.05, 0) is 31.0 Å². The number of hydrogen-bond donors (Lipinski definition) is 1. The van der Waals surface area contributed by atoms with Gasteiger partial charge < -0.3 is 10.6 Å². The van der Waals surface area contributed by atoms with E-state index in [2.05, 4.69) is 0 Å². The van der Waals surface area contributed by atoms with E-state index in [1.165, 1.54) is 23.1 Å². The van der Waals surface area contributed by atoms with Gasteiger partial charge in [-0.2, -0.15) is 13.2 Å². The highest BCUT2D eigenvalue weighted by Crippen LogP contribution is 2.37. The fourth-order valence-corrected chi connectivity index (χ4v) is 2.67. The van der Waals surface area contributed by atoms with Crippen molar-refractivity contribution in [3.63, 3.8) is 0 Å². The third-order valence-corrected chi connectivity index (χ3v) is 4.18. The molecule has 0 atom stereocenters. The van der Waals surface area contributed by atoms with Gasteiger partial charge in [-0.3, -0.25) is 0 Å². The van der Waals surface area contributed by atoms with E-state index >= 15 is 0 Å². The Morgan fingerprint density at radius 1 is 1.35 bits per heavy atom. The molecular weight excluding hydrogens is 293 g/mol. The Labute approximate surface area is 115 Å². The largest absolute Gasteiger partial charge is 0.405 e. The molecule has 2 N–H and O–H groups in total. The van der Waals surface area contributed by atoms with Crippen LogP contribution in [0.1, 0.15) is 12.8 Å². The van der Waals surface area contributed by atoms with Gasteiger partial charge in [0.15, 0.2) is 9.84 Å². The summed E-state index contributed by atoms with van der Waals surface area (Å²) in [5, 5.41) is 0. The molecule has 0 heterocycles. The van der Waals surface area contributed by atoms with Crippen molar-refractivity contribution < 1.29 is 21.6 Å². The number of halogens is 3. The molecule has 1 aliphatic rings. The van der Waals surface area contributed by atoms with Crippen LogP contribution in [0.2, 0.25) is 0 Å². The summed E-state index contributed by atoms with van der Waals surface area (Å²) < 4.78 is 60.6. The van der Waals surface area contributed by atoms with E-state index in [4.69, 9.17) is 5.73 Å². The molecule has 20 heavy (non-hydrogen) atoms. The molecule has 0 aliphatic heterocycles. The molecule has 0 saturated heterocycles. The van der Waals surface area contributed by atoms with Gasteiger partial charge in [-0.25, -0.2) is 8.42 Å². The number of hydrogen-bond acceptors (Lipinski definition) is 4. The highest BCUT2D eigenvalue weighted by Gasteiger charge is 2.38. The van der Waals surface area contributed by atoms with Crippen LogP contribution in [-0.2, 0) is 9.84 Å². The second-order valence-corrected chi connectivity index (χ2v) is 6.98. The standard InChI is InChI=1S/C12H15F3N2O2S/c1-20(18,19)9-4-5-11(10(16)6-9)17(8-2-3-8)7-12(13,14)15/h4-6,8H,2-3,7,16H2,1H3. The Balaban J connectivity index is 2.35. The van der Waals surface area contributed by atoms with Crippen LogP contribution in [0, 0.1) is 0 Å². The third kappa shape index (κ3) is 3.56. The molecular formula is C12H15F3N2O2S. The molecule has 0 radical (unpaired) electrons. The summed E-state index contributed by atoms with van der Waals surface area (Å²) in [6, 6.07) is 3.65. The van der Waals surface area contributed by atoms with Crippen molar-refractivity contribution in [2.75, 3.05) is 23.4 Å². The van der Waals surface area contributed by atoms with E-state index in [1.807, 2.05) is 0 Å². The van der Waals surface area contributed by atoms with E-state index in [0.717, 1.165) is 6.26 Å². The van der Waals surface area contributed by atoms with Crippen LogP contribution >= 0.6 is 0 Å². The van der Waals surface area contributed by atoms with Crippen molar-refractivity contribution in [2.24, 2.45) is 0 Å². The van der Waals surface area contributed by atoms with Crippen LogP contribution in [0.4, 0.5) is 24.5 Å². The van der Waals surface area contributed by atoms with Crippen molar-refractivity contribution in [1.29, 1.82) is 0 Å². The third-order valence-electron chi connectivity index (χ3n) is 3.07. The smallest absolute Gasteiger partial charge is 0.397 e. The van der Waals surface area contributed by atoms with Crippen LogP contribution in [0.5, 0.6) is 0 Å². The molecule has 112 valence electrons. The monoisotopic (exact) mass is 308 g/mol. The minimum absolute atomic E-state index is 0.00139.